The molecule has 1 atom stereocenters. The lowest BCUT2D eigenvalue weighted by Gasteiger charge is -2.22. The van der Waals surface area contributed by atoms with E-state index in [1.165, 1.54) is 0 Å². The summed E-state index contributed by atoms with van der Waals surface area (Å²) in [5.74, 6) is 0. The van der Waals surface area contributed by atoms with Crippen LogP contribution in [0.4, 0.5) is 4.79 Å². The van der Waals surface area contributed by atoms with Gasteiger partial charge in [-0.1, -0.05) is 30.3 Å². The zero-order chi connectivity index (χ0) is 11.3. The van der Waals surface area contributed by atoms with Crippen molar-refractivity contribution < 1.29 is 14.7 Å². The minimum absolute atomic E-state index is 0.351. The van der Waals surface area contributed by atoms with E-state index in [2.05, 4.69) is 5.32 Å². The molecule has 15 heavy (non-hydrogen) atoms. The molecular formula is C11H13NO3. The zero-order valence-electron chi connectivity index (χ0n) is 8.43. The van der Waals surface area contributed by atoms with Crippen LogP contribution < -0.4 is 5.32 Å². The van der Waals surface area contributed by atoms with E-state index in [0.29, 0.717) is 12.7 Å². The molecule has 1 amide bonds. The van der Waals surface area contributed by atoms with Gasteiger partial charge in [0.15, 0.2) is 0 Å². The summed E-state index contributed by atoms with van der Waals surface area (Å²) in [6, 6.07) is 9.27. The fourth-order valence-electron chi connectivity index (χ4n) is 1.38. The second-order valence-corrected chi connectivity index (χ2v) is 3.63. The Labute approximate surface area is 87.9 Å². The summed E-state index contributed by atoms with van der Waals surface area (Å²) in [6.45, 7) is 1.56. The third kappa shape index (κ3) is 3.42. The number of nitrogens with one attached hydrogen (secondary N) is 1. The van der Waals surface area contributed by atoms with E-state index in [1.54, 1.807) is 6.92 Å². The Kier molecular flexibility index (Phi) is 3.44. The summed E-state index contributed by atoms with van der Waals surface area (Å²) in [5.41, 5.74) is -0.145. The molecule has 0 spiro atoms. The van der Waals surface area contributed by atoms with Crippen molar-refractivity contribution in [2.45, 2.75) is 18.9 Å². The molecule has 0 aliphatic carbocycles. The summed E-state index contributed by atoms with van der Waals surface area (Å²) < 4.78 is 0. The van der Waals surface area contributed by atoms with Crippen molar-refractivity contribution in [1.29, 1.82) is 0 Å². The lowest BCUT2D eigenvalue weighted by atomic mass is 9.94. The van der Waals surface area contributed by atoms with Crippen LogP contribution in [-0.2, 0) is 11.2 Å². The monoisotopic (exact) mass is 207 g/mol. The maximum atomic E-state index is 10.8. The number of hydrogen-bond donors (Lipinski definition) is 2. The molecule has 1 rings (SSSR count). The molecule has 80 valence electrons. The first kappa shape index (κ1) is 11.2. The molecule has 1 aromatic rings. The average Bonchev–Trinajstić information content (AvgIpc) is 2.18. The third-order valence-corrected chi connectivity index (χ3v) is 2.07. The topological polar surface area (TPSA) is 66.4 Å². The van der Waals surface area contributed by atoms with E-state index in [0.717, 1.165) is 5.56 Å². The maximum Gasteiger partial charge on any atom is 0.405 e. The fourth-order valence-corrected chi connectivity index (χ4v) is 1.38. The number of hydrogen-bond acceptors (Lipinski definition) is 2. The number of carbonyl (C=O) groups is 2. The second-order valence-electron chi connectivity index (χ2n) is 3.63. The Morgan fingerprint density at radius 3 is 2.53 bits per heavy atom. The van der Waals surface area contributed by atoms with Crippen molar-refractivity contribution in [3.8, 4) is 0 Å². The molecule has 0 aliphatic heterocycles. The average molecular weight is 207 g/mol. The zero-order valence-corrected chi connectivity index (χ0v) is 8.43. The van der Waals surface area contributed by atoms with Crippen molar-refractivity contribution in [3.05, 3.63) is 35.9 Å². The Bertz CT molecular complexity index is 350. The first-order chi connectivity index (χ1) is 7.06. The number of amides is 1. The van der Waals surface area contributed by atoms with Gasteiger partial charge >= 0.3 is 6.09 Å². The van der Waals surface area contributed by atoms with Gasteiger partial charge in [0.1, 0.15) is 6.29 Å². The minimum atomic E-state index is -1.19. The highest BCUT2D eigenvalue weighted by atomic mass is 16.4. The normalized spacial score (nSPS) is 13.9. The van der Waals surface area contributed by atoms with Crippen LogP contribution in [0.1, 0.15) is 12.5 Å². The van der Waals surface area contributed by atoms with Gasteiger partial charge in [0, 0.05) is 6.42 Å². The highest BCUT2D eigenvalue weighted by Crippen LogP contribution is 2.10. The van der Waals surface area contributed by atoms with E-state index >= 15 is 0 Å². The molecule has 0 aliphatic rings. The minimum Gasteiger partial charge on any atom is -0.465 e. The molecule has 0 fully saturated rings. The largest absolute Gasteiger partial charge is 0.465 e. The van der Waals surface area contributed by atoms with Gasteiger partial charge in [-0.2, -0.15) is 0 Å². The van der Waals surface area contributed by atoms with Crippen LogP contribution in [0.5, 0.6) is 0 Å². The number of aldehydes is 1. The number of carboxylic acid groups (broad SMARTS) is 1. The summed E-state index contributed by atoms with van der Waals surface area (Å²) in [4.78, 5) is 21.3. The highest BCUT2D eigenvalue weighted by molar-refractivity contribution is 5.75. The number of benzene rings is 1. The lowest BCUT2D eigenvalue weighted by molar-refractivity contribution is -0.112. The van der Waals surface area contributed by atoms with Gasteiger partial charge in [0.25, 0.3) is 0 Å². The molecular weight excluding hydrogens is 194 g/mol. The van der Waals surface area contributed by atoms with Crippen LogP contribution in [-0.4, -0.2) is 23.0 Å². The molecule has 0 unspecified atom stereocenters. The van der Waals surface area contributed by atoms with Gasteiger partial charge < -0.3 is 15.2 Å². The third-order valence-electron chi connectivity index (χ3n) is 2.07. The van der Waals surface area contributed by atoms with Crippen LogP contribution in [0.15, 0.2) is 30.3 Å². The predicted octanol–water partition coefficient (Wildman–Crippen LogP) is 1.45. The molecule has 0 heterocycles. The molecule has 2 N–H and O–H groups in total. The summed E-state index contributed by atoms with van der Waals surface area (Å²) in [5, 5.41) is 10.8. The second kappa shape index (κ2) is 4.59. The van der Waals surface area contributed by atoms with Gasteiger partial charge in [-0.3, -0.25) is 0 Å². The smallest absolute Gasteiger partial charge is 0.405 e. The summed E-state index contributed by atoms with van der Waals surface area (Å²) >= 11 is 0. The molecule has 0 saturated heterocycles. The Morgan fingerprint density at radius 1 is 1.47 bits per heavy atom. The molecule has 0 aromatic heterocycles. The molecule has 0 radical (unpaired) electrons. The molecule has 4 nitrogen and oxygen atoms in total. The maximum absolute atomic E-state index is 10.8. The number of rotatable bonds is 4. The van der Waals surface area contributed by atoms with E-state index in [1.807, 2.05) is 30.3 Å². The van der Waals surface area contributed by atoms with E-state index in [9.17, 15) is 9.59 Å². The van der Waals surface area contributed by atoms with E-state index in [-0.39, 0.29) is 0 Å². The molecule has 0 bridgehead atoms. The Hall–Kier alpha value is -1.84. The standard InChI is InChI=1S/C11H13NO3/c1-11(8-13,12-10(14)15)7-9-5-3-2-4-6-9/h2-6,8,12H,7H2,1H3,(H,14,15)/t11-/m1/s1. The van der Waals surface area contributed by atoms with Gasteiger partial charge in [0.2, 0.25) is 0 Å². The van der Waals surface area contributed by atoms with Crippen molar-refractivity contribution in [2.75, 3.05) is 0 Å². The van der Waals surface area contributed by atoms with Gasteiger partial charge in [-0.05, 0) is 12.5 Å². The molecule has 1 aromatic carbocycles. The van der Waals surface area contributed by atoms with Crippen molar-refractivity contribution in [2.24, 2.45) is 0 Å². The van der Waals surface area contributed by atoms with Gasteiger partial charge in [-0.15, -0.1) is 0 Å². The number of carbonyl (C=O) groups excluding carboxylic acids is 1. The van der Waals surface area contributed by atoms with Crippen molar-refractivity contribution >= 4 is 12.4 Å². The van der Waals surface area contributed by atoms with Crippen molar-refractivity contribution in [3.63, 3.8) is 0 Å². The van der Waals surface area contributed by atoms with Crippen LogP contribution in [0.25, 0.3) is 0 Å². The Morgan fingerprint density at radius 2 is 2.07 bits per heavy atom. The van der Waals surface area contributed by atoms with Crippen LogP contribution >= 0.6 is 0 Å². The van der Waals surface area contributed by atoms with Crippen molar-refractivity contribution in [1.82, 2.24) is 5.32 Å². The van der Waals surface area contributed by atoms with E-state index < -0.39 is 11.6 Å². The SMILES string of the molecule is C[C@](C=O)(Cc1ccccc1)NC(=O)O. The fraction of sp³-hybridized carbons (Fsp3) is 0.273. The first-order valence-corrected chi connectivity index (χ1v) is 4.57. The summed E-state index contributed by atoms with van der Waals surface area (Å²) in [6.07, 6.45) is -0.224. The van der Waals surface area contributed by atoms with Crippen LogP contribution in [0.2, 0.25) is 0 Å². The van der Waals surface area contributed by atoms with E-state index in [4.69, 9.17) is 5.11 Å². The van der Waals surface area contributed by atoms with Gasteiger partial charge in [-0.25, -0.2) is 4.79 Å². The van der Waals surface area contributed by atoms with Crippen LogP contribution in [0, 0.1) is 0 Å². The highest BCUT2D eigenvalue weighted by Gasteiger charge is 2.25. The lowest BCUT2D eigenvalue weighted by Crippen LogP contribution is -2.48. The quantitative estimate of drug-likeness (QED) is 0.734. The Balaban J connectivity index is 2.76. The van der Waals surface area contributed by atoms with Crippen LogP contribution in [0.3, 0.4) is 0 Å². The molecule has 0 saturated carbocycles. The summed E-state index contributed by atoms with van der Waals surface area (Å²) in [7, 11) is 0. The first-order valence-electron chi connectivity index (χ1n) is 4.57. The molecule has 4 heteroatoms. The van der Waals surface area contributed by atoms with Gasteiger partial charge in [0.05, 0.1) is 5.54 Å². The predicted molar refractivity (Wildman–Crippen MR) is 55.8 cm³/mol.